The van der Waals surface area contributed by atoms with E-state index in [-0.39, 0.29) is 0 Å². The number of pyridine rings is 1. The SMILES string of the molecule is Cc1cccc2nc(NCCCn3ccnc3)nn12. The molecular formula is C13H16N6. The van der Waals surface area contributed by atoms with Gasteiger partial charge in [0.1, 0.15) is 0 Å². The smallest absolute Gasteiger partial charge is 0.243 e. The number of hydrogen-bond acceptors (Lipinski definition) is 4. The summed E-state index contributed by atoms with van der Waals surface area (Å²) in [6.45, 7) is 3.80. The van der Waals surface area contributed by atoms with Gasteiger partial charge in [0.2, 0.25) is 5.95 Å². The molecule has 0 amide bonds. The highest BCUT2D eigenvalue weighted by molar-refractivity contribution is 5.44. The minimum Gasteiger partial charge on any atom is -0.353 e. The van der Waals surface area contributed by atoms with Gasteiger partial charge in [0.15, 0.2) is 5.65 Å². The molecule has 3 aromatic heterocycles. The van der Waals surface area contributed by atoms with Crippen LogP contribution in [-0.2, 0) is 6.54 Å². The topological polar surface area (TPSA) is 60.0 Å². The number of fused-ring (bicyclic) bond motifs is 1. The first-order valence-corrected chi connectivity index (χ1v) is 6.35. The second kappa shape index (κ2) is 5.09. The Balaban J connectivity index is 1.58. The third-order valence-corrected chi connectivity index (χ3v) is 2.98. The van der Waals surface area contributed by atoms with Crippen molar-refractivity contribution in [2.45, 2.75) is 19.9 Å². The van der Waals surface area contributed by atoms with Crippen LogP contribution < -0.4 is 5.32 Å². The monoisotopic (exact) mass is 256 g/mol. The first kappa shape index (κ1) is 11.7. The fourth-order valence-corrected chi connectivity index (χ4v) is 1.99. The van der Waals surface area contributed by atoms with Crippen molar-refractivity contribution in [3.63, 3.8) is 0 Å². The summed E-state index contributed by atoms with van der Waals surface area (Å²) in [7, 11) is 0. The summed E-state index contributed by atoms with van der Waals surface area (Å²) in [5.41, 5.74) is 1.95. The predicted octanol–water partition coefficient (Wildman–Crippen LogP) is 1.74. The molecule has 3 aromatic rings. The fraction of sp³-hybridized carbons (Fsp3) is 0.308. The van der Waals surface area contributed by atoms with Crippen molar-refractivity contribution in [2.24, 2.45) is 0 Å². The summed E-state index contributed by atoms with van der Waals surface area (Å²) in [5, 5.41) is 7.67. The van der Waals surface area contributed by atoms with Crippen LogP contribution in [0.2, 0.25) is 0 Å². The van der Waals surface area contributed by atoms with Gasteiger partial charge in [0, 0.05) is 31.2 Å². The zero-order valence-electron chi connectivity index (χ0n) is 10.8. The lowest BCUT2D eigenvalue weighted by molar-refractivity contribution is 0.659. The van der Waals surface area contributed by atoms with Crippen LogP contribution in [0.25, 0.3) is 5.65 Å². The van der Waals surface area contributed by atoms with Crippen molar-refractivity contribution < 1.29 is 0 Å². The molecule has 0 aromatic carbocycles. The number of imidazole rings is 1. The molecular weight excluding hydrogens is 240 g/mol. The molecule has 0 radical (unpaired) electrons. The molecule has 3 heterocycles. The maximum absolute atomic E-state index is 4.43. The zero-order valence-corrected chi connectivity index (χ0v) is 10.8. The van der Waals surface area contributed by atoms with Crippen LogP contribution in [0.4, 0.5) is 5.95 Å². The van der Waals surface area contributed by atoms with Gasteiger partial charge in [-0.1, -0.05) is 6.07 Å². The molecule has 0 fully saturated rings. The zero-order chi connectivity index (χ0) is 13.1. The third kappa shape index (κ3) is 2.57. The Bertz CT molecular complexity index is 655. The van der Waals surface area contributed by atoms with Gasteiger partial charge in [-0.05, 0) is 25.5 Å². The van der Waals surface area contributed by atoms with Gasteiger partial charge in [0.25, 0.3) is 0 Å². The third-order valence-electron chi connectivity index (χ3n) is 2.98. The van der Waals surface area contributed by atoms with Crippen molar-refractivity contribution in [1.82, 2.24) is 24.1 Å². The summed E-state index contributed by atoms with van der Waals surface area (Å²) in [5.74, 6) is 0.680. The Morgan fingerprint density at radius 2 is 2.26 bits per heavy atom. The molecule has 1 N–H and O–H groups in total. The maximum Gasteiger partial charge on any atom is 0.243 e. The van der Waals surface area contributed by atoms with Crippen LogP contribution in [0.1, 0.15) is 12.1 Å². The highest BCUT2D eigenvalue weighted by atomic mass is 15.3. The molecule has 0 aliphatic carbocycles. The first-order chi connectivity index (χ1) is 9.33. The second-order valence-corrected chi connectivity index (χ2v) is 4.45. The van der Waals surface area contributed by atoms with E-state index in [4.69, 9.17) is 0 Å². The second-order valence-electron chi connectivity index (χ2n) is 4.45. The minimum atomic E-state index is 0.680. The Labute approximate surface area is 111 Å². The lowest BCUT2D eigenvalue weighted by atomic mass is 10.4. The molecule has 6 heteroatoms. The van der Waals surface area contributed by atoms with E-state index >= 15 is 0 Å². The van der Waals surface area contributed by atoms with E-state index in [0.717, 1.165) is 30.9 Å². The molecule has 19 heavy (non-hydrogen) atoms. The average Bonchev–Trinajstić information content (AvgIpc) is 3.04. The molecule has 98 valence electrons. The van der Waals surface area contributed by atoms with Crippen molar-refractivity contribution in [2.75, 3.05) is 11.9 Å². The van der Waals surface area contributed by atoms with Crippen molar-refractivity contribution in [3.05, 3.63) is 42.6 Å². The van der Waals surface area contributed by atoms with E-state index in [1.807, 2.05) is 42.2 Å². The van der Waals surface area contributed by atoms with Gasteiger partial charge < -0.3 is 9.88 Å². The molecule has 3 rings (SSSR count). The summed E-state index contributed by atoms with van der Waals surface area (Å²) < 4.78 is 3.90. The predicted molar refractivity (Wildman–Crippen MR) is 73.1 cm³/mol. The molecule has 0 saturated carbocycles. The van der Waals surface area contributed by atoms with Crippen LogP contribution in [0.3, 0.4) is 0 Å². The molecule has 0 saturated heterocycles. The fourth-order valence-electron chi connectivity index (χ4n) is 1.99. The van der Waals surface area contributed by atoms with E-state index < -0.39 is 0 Å². The molecule has 0 aliphatic heterocycles. The standard InChI is InChI=1S/C13H16N6/c1-11-4-2-5-12-16-13(17-19(11)12)15-6-3-8-18-9-7-14-10-18/h2,4-5,7,9-10H,3,6,8H2,1H3,(H,15,17). The number of nitrogens with one attached hydrogen (secondary N) is 1. The molecule has 0 spiro atoms. The minimum absolute atomic E-state index is 0.680. The Morgan fingerprint density at radius 3 is 3.05 bits per heavy atom. The van der Waals surface area contributed by atoms with Crippen molar-refractivity contribution in [1.29, 1.82) is 0 Å². The molecule has 6 nitrogen and oxygen atoms in total. The van der Waals surface area contributed by atoms with E-state index in [9.17, 15) is 0 Å². The Kier molecular flexibility index (Phi) is 3.14. The van der Waals surface area contributed by atoms with Crippen molar-refractivity contribution >= 4 is 11.6 Å². The summed E-state index contributed by atoms with van der Waals surface area (Å²) >= 11 is 0. The summed E-state index contributed by atoms with van der Waals surface area (Å²) in [6, 6.07) is 5.96. The highest BCUT2D eigenvalue weighted by Crippen LogP contribution is 2.07. The Morgan fingerprint density at radius 1 is 1.32 bits per heavy atom. The average molecular weight is 256 g/mol. The van der Waals surface area contributed by atoms with Gasteiger partial charge in [0.05, 0.1) is 6.33 Å². The number of nitrogens with zero attached hydrogens (tertiary/aromatic N) is 5. The van der Waals surface area contributed by atoms with Crippen LogP contribution in [0.5, 0.6) is 0 Å². The van der Waals surface area contributed by atoms with E-state index in [0.29, 0.717) is 5.95 Å². The quantitative estimate of drug-likeness (QED) is 0.706. The van der Waals surface area contributed by atoms with Gasteiger partial charge in [-0.15, -0.1) is 5.10 Å². The number of rotatable bonds is 5. The van der Waals surface area contributed by atoms with Crippen LogP contribution in [-0.4, -0.2) is 30.7 Å². The number of hydrogen-bond donors (Lipinski definition) is 1. The number of aromatic nitrogens is 5. The number of anilines is 1. The molecule has 0 aliphatic rings. The molecule has 0 unspecified atom stereocenters. The van der Waals surface area contributed by atoms with Crippen molar-refractivity contribution in [3.8, 4) is 0 Å². The molecule has 0 bridgehead atoms. The van der Waals surface area contributed by atoms with Gasteiger partial charge in [-0.25, -0.2) is 9.50 Å². The lowest BCUT2D eigenvalue weighted by Crippen LogP contribution is -2.07. The van der Waals surface area contributed by atoms with Crippen LogP contribution in [0, 0.1) is 6.92 Å². The normalized spacial score (nSPS) is 11.0. The highest BCUT2D eigenvalue weighted by Gasteiger charge is 2.03. The van der Waals surface area contributed by atoms with Crippen LogP contribution >= 0.6 is 0 Å². The lowest BCUT2D eigenvalue weighted by Gasteiger charge is -2.02. The molecule has 0 atom stereocenters. The van der Waals surface area contributed by atoms with E-state index in [2.05, 4.69) is 25.0 Å². The summed E-state index contributed by atoms with van der Waals surface area (Å²) in [6.07, 6.45) is 6.59. The Hall–Kier alpha value is -2.37. The van der Waals surface area contributed by atoms with Gasteiger partial charge in [-0.3, -0.25) is 0 Å². The van der Waals surface area contributed by atoms with E-state index in [1.165, 1.54) is 0 Å². The maximum atomic E-state index is 4.43. The summed E-state index contributed by atoms with van der Waals surface area (Å²) in [4.78, 5) is 8.44. The number of aryl methyl sites for hydroxylation is 2. The van der Waals surface area contributed by atoms with Crippen LogP contribution in [0.15, 0.2) is 36.9 Å². The largest absolute Gasteiger partial charge is 0.353 e. The van der Waals surface area contributed by atoms with E-state index in [1.54, 1.807) is 6.20 Å². The van der Waals surface area contributed by atoms with Gasteiger partial charge >= 0.3 is 0 Å². The first-order valence-electron chi connectivity index (χ1n) is 6.35. The van der Waals surface area contributed by atoms with Gasteiger partial charge in [-0.2, -0.15) is 4.98 Å².